The Morgan fingerprint density at radius 3 is 1.81 bits per heavy atom. The molecule has 5 nitrogen and oxygen atoms in total. The summed E-state index contributed by atoms with van der Waals surface area (Å²) in [6.45, 7) is 0. The number of para-hydroxylation sites is 1. The van der Waals surface area contributed by atoms with Crippen molar-refractivity contribution in [1.82, 2.24) is 19.5 Å². The van der Waals surface area contributed by atoms with Crippen molar-refractivity contribution in [2.75, 3.05) is 0 Å². The van der Waals surface area contributed by atoms with Gasteiger partial charge < -0.3 is 8.98 Å². The number of hydrogen-bond donors (Lipinski definition) is 0. The first kappa shape index (κ1) is 31.9. The van der Waals surface area contributed by atoms with E-state index in [4.69, 9.17) is 19.4 Å². The maximum Gasteiger partial charge on any atom is 0.164 e. The Morgan fingerprint density at radius 1 is 0.351 bits per heavy atom. The van der Waals surface area contributed by atoms with Gasteiger partial charge in [-0.1, -0.05) is 121 Å². The molecular formula is C51H30N4OS. The van der Waals surface area contributed by atoms with Crippen molar-refractivity contribution < 1.29 is 4.42 Å². The summed E-state index contributed by atoms with van der Waals surface area (Å²) in [5.41, 5.74) is 10.2. The summed E-state index contributed by atoms with van der Waals surface area (Å²) in [6.07, 6.45) is 0. The van der Waals surface area contributed by atoms with Crippen LogP contribution >= 0.6 is 11.3 Å². The Kier molecular flexibility index (Phi) is 7.03. The van der Waals surface area contributed by atoms with Gasteiger partial charge in [0.05, 0.1) is 11.0 Å². The lowest BCUT2D eigenvalue weighted by Gasteiger charge is -2.10. The molecule has 0 fully saturated rings. The third kappa shape index (κ3) is 5.19. The van der Waals surface area contributed by atoms with Gasteiger partial charge in [-0.15, -0.1) is 11.3 Å². The van der Waals surface area contributed by atoms with Crippen molar-refractivity contribution in [3.8, 4) is 51.0 Å². The van der Waals surface area contributed by atoms with Crippen LogP contribution in [0.25, 0.3) is 115 Å². The van der Waals surface area contributed by atoms with Crippen molar-refractivity contribution >= 4 is 75.3 Å². The van der Waals surface area contributed by atoms with E-state index in [1.165, 1.54) is 36.7 Å². The molecule has 0 bridgehead atoms. The SMILES string of the molecule is c1ccc(-c2cccc(-n3c4ccccc4c4cc5oc6ccc(-c7nc(-c8ccccc8)nc(-c8ccc9c(c8)sc8ccccc89)n7)cc6c5cc43)c2)cc1. The standard InChI is InChI=1S/C51H30N4OS/c1-3-12-31(13-4-1)33-16-11-17-36(26-33)55-43-20-9-7-18-37(43)40-30-46-42(29-44(40)55)41-27-34(23-25-45(41)56-46)50-52-49(32-14-5-2-6-15-32)53-51(54-50)35-22-24-39-38-19-8-10-21-47(38)57-48(39)28-35/h1-30H. The molecule has 0 saturated heterocycles. The van der Waals surface area contributed by atoms with Crippen LogP contribution in [0.15, 0.2) is 186 Å². The Balaban J connectivity index is 1.04. The number of hydrogen-bond acceptors (Lipinski definition) is 5. The van der Waals surface area contributed by atoms with Crippen LogP contribution in [0.3, 0.4) is 0 Å². The Labute approximate surface area is 330 Å². The molecule has 0 spiro atoms. The smallest absolute Gasteiger partial charge is 0.164 e. The van der Waals surface area contributed by atoms with Crippen LogP contribution in [-0.4, -0.2) is 19.5 Å². The van der Waals surface area contributed by atoms with E-state index in [9.17, 15) is 0 Å². The molecule has 266 valence electrons. The second kappa shape index (κ2) is 12.6. The molecule has 12 aromatic rings. The zero-order valence-electron chi connectivity index (χ0n) is 30.4. The normalized spacial score (nSPS) is 11.9. The summed E-state index contributed by atoms with van der Waals surface area (Å²) in [6, 6.07) is 63.9. The Morgan fingerprint density at radius 2 is 0.982 bits per heavy atom. The van der Waals surface area contributed by atoms with Gasteiger partial charge in [0.1, 0.15) is 11.2 Å². The molecule has 0 radical (unpaired) electrons. The number of fused-ring (bicyclic) bond motifs is 9. The van der Waals surface area contributed by atoms with Gasteiger partial charge in [0, 0.05) is 64.1 Å². The molecule has 0 aliphatic carbocycles. The molecule has 0 atom stereocenters. The molecule has 0 unspecified atom stereocenters. The lowest BCUT2D eigenvalue weighted by atomic mass is 10.0. The molecular weight excluding hydrogens is 717 g/mol. The van der Waals surface area contributed by atoms with Gasteiger partial charge in [0.25, 0.3) is 0 Å². The fraction of sp³-hybridized carbons (Fsp3) is 0. The van der Waals surface area contributed by atoms with Gasteiger partial charge in [0.2, 0.25) is 0 Å². The summed E-state index contributed by atoms with van der Waals surface area (Å²) in [5, 5.41) is 6.88. The number of thiophene rings is 1. The monoisotopic (exact) mass is 746 g/mol. The minimum Gasteiger partial charge on any atom is -0.456 e. The lowest BCUT2D eigenvalue weighted by molar-refractivity contribution is 0.669. The van der Waals surface area contributed by atoms with Gasteiger partial charge in [0.15, 0.2) is 17.5 Å². The van der Waals surface area contributed by atoms with Gasteiger partial charge in [-0.3, -0.25) is 0 Å². The lowest BCUT2D eigenvalue weighted by Crippen LogP contribution is -2.00. The molecule has 4 aromatic heterocycles. The molecule has 57 heavy (non-hydrogen) atoms. The maximum atomic E-state index is 6.58. The van der Waals surface area contributed by atoms with Crippen LogP contribution in [-0.2, 0) is 0 Å². The van der Waals surface area contributed by atoms with E-state index in [0.29, 0.717) is 17.5 Å². The van der Waals surface area contributed by atoms with Crippen molar-refractivity contribution in [2.45, 2.75) is 0 Å². The second-order valence-corrected chi connectivity index (χ2v) is 15.5. The number of rotatable bonds is 5. The van der Waals surface area contributed by atoms with Crippen LogP contribution in [0.5, 0.6) is 0 Å². The molecule has 0 N–H and O–H groups in total. The Hall–Kier alpha value is -7.41. The van der Waals surface area contributed by atoms with Gasteiger partial charge in [-0.05, 0) is 71.8 Å². The third-order valence-electron chi connectivity index (χ3n) is 11.0. The van der Waals surface area contributed by atoms with E-state index in [0.717, 1.165) is 60.7 Å². The highest BCUT2D eigenvalue weighted by molar-refractivity contribution is 7.25. The topological polar surface area (TPSA) is 56.7 Å². The number of aromatic nitrogens is 4. The van der Waals surface area contributed by atoms with Gasteiger partial charge >= 0.3 is 0 Å². The molecule has 0 amide bonds. The van der Waals surface area contributed by atoms with Crippen LogP contribution in [0, 0.1) is 0 Å². The van der Waals surface area contributed by atoms with Crippen molar-refractivity contribution in [3.63, 3.8) is 0 Å². The van der Waals surface area contributed by atoms with E-state index in [-0.39, 0.29) is 0 Å². The molecule has 0 aliphatic rings. The average molecular weight is 747 g/mol. The summed E-state index contributed by atoms with van der Waals surface area (Å²) in [7, 11) is 0. The zero-order chi connectivity index (χ0) is 37.5. The molecule has 8 aromatic carbocycles. The molecule has 4 heterocycles. The highest BCUT2D eigenvalue weighted by Gasteiger charge is 2.19. The Bertz CT molecular complexity index is 3530. The number of furan rings is 1. The average Bonchev–Trinajstić information content (AvgIpc) is 3.94. The van der Waals surface area contributed by atoms with Gasteiger partial charge in [-0.25, -0.2) is 15.0 Å². The minimum absolute atomic E-state index is 0.611. The van der Waals surface area contributed by atoms with Crippen LogP contribution in [0.2, 0.25) is 0 Å². The van der Waals surface area contributed by atoms with Crippen LogP contribution in [0.1, 0.15) is 0 Å². The van der Waals surface area contributed by atoms with Crippen LogP contribution in [0.4, 0.5) is 0 Å². The van der Waals surface area contributed by atoms with E-state index in [1.54, 1.807) is 11.3 Å². The fourth-order valence-corrected chi connectivity index (χ4v) is 9.47. The molecule has 0 saturated carbocycles. The predicted molar refractivity (Wildman–Crippen MR) is 236 cm³/mol. The van der Waals surface area contributed by atoms with Crippen molar-refractivity contribution in [1.29, 1.82) is 0 Å². The van der Waals surface area contributed by atoms with Gasteiger partial charge in [-0.2, -0.15) is 0 Å². The number of benzene rings is 8. The maximum absolute atomic E-state index is 6.58. The van der Waals surface area contributed by atoms with Crippen LogP contribution < -0.4 is 0 Å². The van der Waals surface area contributed by atoms with E-state index in [1.807, 2.05) is 36.4 Å². The largest absolute Gasteiger partial charge is 0.456 e. The molecule has 12 rings (SSSR count). The predicted octanol–water partition coefficient (Wildman–Crippen LogP) is 13.9. The van der Waals surface area contributed by atoms with Crippen molar-refractivity contribution in [3.05, 3.63) is 182 Å². The summed E-state index contributed by atoms with van der Waals surface area (Å²) < 4.78 is 11.4. The third-order valence-corrected chi connectivity index (χ3v) is 12.2. The summed E-state index contributed by atoms with van der Waals surface area (Å²) in [4.78, 5) is 15.3. The highest BCUT2D eigenvalue weighted by Crippen LogP contribution is 2.41. The summed E-state index contributed by atoms with van der Waals surface area (Å²) >= 11 is 1.79. The van der Waals surface area contributed by atoms with E-state index in [2.05, 4.69) is 150 Å². The fourth-order valence-electron chi connectivity index (χ4n) is 8.33. The summed E-state index contributed by atoms with van der Waals surface area (Å²) in [5.74, 6) is 1.88. The second-order valence-electron chi connectivity index (χ2n) is 14.4. The molecule has 6 heteroatoms. The number of nitrogens with zero attached hydrogens (tertiary/aromatic N) is 4. The first-order chi connectivity index (χ1) is 28.2. The van der Waals surface area contributed by atoms with E-state index < -0.39 is 0 Å². The zero-order valence-corrected chi connectivity index (χ0v) is 31.2. The first-order valence-corrected chi connectivity index (χ1v) is 19.8. The molecule has 0 aliphatic heterocycles. The first-order valence-electron chi connectivity index (χ1n) is 19.0. The minimum atomic E-state index is 0.611. The van der Waals surface area contributed by atoms with E-state index >= 15 is 0 Å². The quantitative estimate of drug-likeness (QED) is 0.176. The highest BCUT2D eigenvalue weighted by atomic mass is 32.1. The van der Waals surface area contributed by atoms with Crippen molar-refractivity contribution in [2.24, 2.45) is 0 Å².